The first-order chi connectivity index (χ1) is 7.70. The largest absolute Gasteiger partial charge is 0.374 e. The zero-order chi connectivity index (χ0) is 11.8. The molecule has 0 saturated carbocycles. The highest BCUT2D eigenvalue weighted by Gasteiger charge is 2.04. The Kier molecular flexibility index (Phi) is 6.46. The molecule has 0 aromatic rings. The third kappa shape index (κ3) is 5.50. The lowest BCUT2D eigenvalue weighted by Crippen LogP contribution is -2.29. The second-order valence-electron chi connectivity index (χ2n) is 4.99. The van der Waals surface area contributed by atoms with E-state index in [0.717, 1.165) is 19.5 Å². The topological polar surface area (TPSA) is 27.6 Å². The van der Waals surface area contributed by atoms with Crippen molar-refractivity contribution >= 4 is 5.84 Å². The van der Waals surface area contributed by atoms with Crippen LogP contribution in [0.1, 0.15) is 46.0 Å². The monoisotopic (exact) mass is 225 g/mol. The molecule has 1 N–H and O–H groups in total. The van der Waals surface area contributed by atoms with Gasteiger partial charge in [-0.3, -0.25) is 4.99 Å². The van der Waals surface area contributed by atoms with Crippen molar-refractivity contribution in [2.75, 3.05) is 26.7 Å². The maximum Gasteiger partial charge on any atom is 0.0963 e. The van der Waals surface area contributed by atoms with E-state index >= 15 is 0 Å². The van der Waals surface area contributed by atoms with Gasteiger partial charge in [0.05, 0.1) is 5.84 Å². The third-order valence-electron chi connectivity index (χ3n) is 3.27. The van der Waals surface area contributed by atoms with Gasteiger partial charge in [-0.25, -0.2) is 0 Å². The SMILES string of the molecule is CC(C)N(C)CCCCNC1=NCCCC1. The molecule has 0 amide bonds. The molecule has 0 unspecified atom stereocenters. The summed E-state index contributed by atoms with van der Waals surface area (Å²) in [6.45, 7) is 7.80. The van der Waals surface area contributed by atoms with Gasteiger partial charge in [0.15, 0.2) is 0 Å². The summed E-state index contributed by atoms with van der Waals surface area (Å²) in [4.78, 5) is 6.89. The summed E-state index contributed by atoms with van der Waals surface area (Å²) in [5.41, 5.74) is 0. The number of aliphatic imine (C=N–C) groups is 1. The molecule has 0 spiro atoms. The first-order valence-electron chi connectivity index (χ1n) is 6.67. The summed E-state index contributed by atoms with van der Waals surface area (Å²) in [5.74, 6) is 1.24. The smallest absolute Gasteiger partial charge is 0.0963 e. The van der Waals surface area contributed by atoms with E-state index in [1.165, 1.54) is 38.1 Å². The van der Waals surface area contributed by atoms with Crippen LogP contribution in [0.25, 0.3) is 0 Å². The molecule has 0 atom stereocenters. The van der Waals surface area contributed by atoms with E-state index in [9.17, 15) is 0 Å². The van der Waals surface area contributed by atoms with Crippen LogP contribution in [0.4, 0.5) is 0 Å². The van der Waals surface area contributed by atoms with Crippen LogP contribution in [0, 0.1) is 0 Å². The minimum Gasteiger partial charge on any atom is -0.374 e. The summed E-state index contributed by atoms with van der Waals surface area (Å²) >= 11 is 0. The van der Waals surface area contributed by atoms with Crippen LogP contribution >= 0.6 is 0 Å². The van der Waals surface area contributed by atoms with Gasteiger partial charge >= 0.3 is 0 Å². The van der Waals surface area contributed by atoms with Crippen molar-refractivity contribution < 1.29 is 0 Å². The molecule has 0 aliphatic carbocycles. The van der Waals surface area contributed by atoms with Crippen molar-refractivity contribution in [3.05, 3.63) is 0 Å². The summed E-state index contributed by atoms with van der Waals surface area (Å²) in [6, 6.07) is 0.663. The predicted octanol–water partition coefficient (Wildman–Crippen LogP) is 2.28. The molecule has 1 aliphatic heterocycles. The predicted molar refractivity (Wildman–Crippen MR) is 71.2 cm³/mol. The standard InChI is InChI=1S/C13H27N3/c1-12(2)16(3)11-7-6-10-15-13-8-4-5-9-14-13/h12H,4-11H2,1-3H3,(H,14,15). The summed E-state index contributed by atoms with van der Waals surface area (Å²) in [5, 5.41) is 3.46. The number of hydrogen-bond donors (Lipinski definition) is 1. The number of rotatable bonds is 6. The molecular formula is C13H27N3. The van der Waals surface area contributed by atoms with E-state index in [4.69, 9.17) is 0 Å². The van der Waals surface area contributed by atoms with E-state index in [1.54, 1.807) is 0 Å². The molecule has 94 valence electrons. The lowest BCUT2D eigenvalue weighted by molar-refractivity contribution is 0.268. The summed E-state index contributed by atoms with van der Waals surface area (Å²) in [7, 11) is 2.20. The molecule has 0 aromatic carbocycles. The Bertz CT molecular complexity index is 211. The highest BCUT2D eigenvalue weighted by atomic mass is 15.1. The average Bonchev–Trinajstić information content (AvgIpc) is 2.29. The van der Waals surface area contributed by atoms with Crippen LogP contribution in [0.2, 0.25) is 0 Å². The Morgan fingerprint density at radius 2 is 2.12 bits per heavy atom. The zero-order valence-corrected chi connectivity index (χ0v) is 11.1. The lowest BCUT2D eigenvalue weighted by Gasteiger charge is -2.21. The Labute approximate surface area is 100 Å². The number of unbranched alkanes of at least 4 members (excludes halogenated alkanes) is 1. The fourth-order valence-corrected chi connectivity index (χ4v) is 1.82. The van der Waals surface area contributed by atoms with Gasteiger partial charge in [0.2, 0.25) is 0 Å². The minimum absolute atomic E-state index is 0.663. The minimum atomic E-state index is 0.663. The maximum absolute atomic E-state index is 4.49. The first kappa shape index (κ1) is 13.5. The van der Waals surface area contributed by atoms with Gasteiger partial charge in [0.25, 0.3) is 0 Å². The normalized spacial score (nSPS) is 16.7. The highest BCUT2D eigenvalue weighted by Crippen LogP contribution is 2.04. The fourth-order valence-electron chi connectivity index (χ4n) is 1.82. The van der Waals surface area contributed by atoms with E-state index in [0.29, 0.717) is 6.04 Å². The van der Waals surface area contributed by atoms with Crippen LogP contribution in [0.5, 0.6) is 0 Å². The van der Waals surface area contributed by atoms with Gasteiger partial charge in [-0.2, -0.15) is 0 Å². The van der Waals surface area contributed by atoms with Gasteiger partial charge in [-0.05, 0) is 53.1 Å². The second-order valence-corrected chi connectivity index (χ2v) is 4.99. The molecule has 0 saturated heterocycles. The van der Waals surface area contributed by atoms with Crippen molar-refractivity contribution in [2.45, 2.75) is 52.0 Å². The molecule has 0 aromatic heterocycles. The Hall–Kier alpha value is -0.570. The molecule has 16 heavy (non-hydrogen) atoms. The molecule has 1 rings (SSSR count). The average molecular weight is 225 g/mol. The quantitative estimate of drug-likeness (QED) is 0.702. The van der Waals surface area contributed by atoms with Crippen LogP contribution in [0.15, 0.2) is 4.99 Å². The first-order valence-corrected chi connectivity index (χ1v) is 6.67. The van der Waals surface area contributed by atoms with E-state index in [-0.39, 0.29) is 0 Å². The van der Waals surface area contributed by atoms with Crippen molar-refractivity contribution in [3.63, 3.8) is 0 Å². The summed E-state index contributed by atoms with van der Waals surface area (Å²) < 4.78 is 0. The molecule has 3 nitrogen and oxygen atoms in total. The van der Waals surface area contributed by atoms with E-state index in [1.807, 2.05) is 0 Å². The second kappa shape index (κ2) is 7.66. The Morgan fingerprint density at radius 1 is 1.31 bits per heavy atom. The van der Waals surface area contributed by atoms with Crippen molar-refractivity contribution in [2.24, 2.45) is 4.99 Å². The molecule has 1 aliphatic rings. The van der Waals surface area contributed by atoms with Gasteiger partial charge in [-0.15, -0.1) is 0 Å². The molecule has 3 heteroatoms. The maximum atomic E-state index is 4.49. The number of hydrogen-bond acceptors (Lipinski definition) is 3. The van der Waals surface area contributed by atoms with E-state index in [2.05, 4.69) is 36.1 Å². The van der Waals surface area contributed by atoms with Crippen LogP contribution in [0.3, 0.4) is 0 Å². The fraction of sp³-hybridized carbons (Fsp3) is 0.923. The van der Waals surface area contributed by atoms with Crippen LogP contribution < -0.4 is 5.32 Å². The number of amidine groups is 1. The van der Waals surface area contributed by atoms with Gasteiger partial charge < -0.3 is 10.2 Å². The molecule has 0 radical (unpaired) electrons. The molecule has 0 fully saturated rings. The lowest BCUT2D eigenvalue weighted by atomic mass is 10.2. The van der Waals surface area contributed by atoms with Crippen LogP contribution in [-0.4, -0.2) is 43.5 Å². The number of nitrogens with zero attached hydrogens (tertiary/aromatic N) is 2. The molecule has 0 bridgehead atoms. The van der Waals surface area contributed by atoms with Gasteiger partial charge in [0, 0.05) is 25.6 Å². The van der Waals surface area contributed by atoms with Crippen molar-refractivity contribution in [1.29, 1.82) is 0 Å². The highest BCUT2D eigenvalue weighted by molar-refractivity contribution is 5.82. The van der Waals surface area contributed by atoms with Crippen molar-refractivity contribution in [1.82, 2.24) is 10.2 Å². The molecule has 1 heterocycles. The van der Waals surface area contributed by atoms with E-state index < -0.39 is 0 Å². The molecular weight excluding hydrogens is 198 g/mol. The third-order valence-corrected chi connectivity index (χ3v) is 3.27. The zero-order valence-electron chi connectivity index (χ0n) is 11.1. The Morgan fingerprint density at radius 3 is 2.75 bits per heavy atom. The summed E-state index contributed by atoms with van der Waals surface area (Å²) in [6.07, 6.45) is 6.25. The Balaban J connectivity index is 1.97. The van der Waals surface area contributed by atoms with Gasteiger partial charge in [-0.1, -0.05) is 0 Å². The van der Waals surface area contributed by atoms with Crippen LogP contribution in [-0.2, 0) is 0 Å². The van der Waals surface area contributed by atoms with Crippen molar-refractivity contribution in [3.8, 4) is 0 Å². The number of nitrogens with one attached hydrogen (secondary N) is 1. The van der Waals surface area contributed by atoms with Gasteiger partial charge in [0.1, 0.15) is 0 Å².